The second-order valence-electron chi connectivity index (χ2n) is 19.8. The molecule has 0 aromatic heterocycles. The quantitative estimate of drug-likeness (QED) is 0.158. The lowest BCUT2D eigenvalue weighted by atomic mass is 9.78. The largest absolute Gasteiger partial charge is 0.311 e. The van der Waals surface area contributed by atoms with E-state index in [0.29, 0.717) is 0 Å². The van der Waals surface area contributed by atoms with Crippen molar-refractivity contribution in [2.24, 2.45) is 0 Å². The SMILES string of the molecule is CC1(C)c2cc(-c3ccc(N(c4ccccc4)c4ccccc4)cc3)ccc2-c2cc3c(cc21)-c1cc2c(cc1C3(C)C)-c1ccc(N(c3ccccc3)c3ccccc3)cc1C2(C)C. The minimum Gasteiger partial charge on any atom is -0.311 e. The summed E-state index contributed by atoms with van der Waals surface area (Å²) < 4.78 is 0. The van der Waals surface area contributed by atoms with Crippen molar-refractivity contribution in [2.45, 2.75) is 57.8 Å². The fraction of sp³-hybridized carbons (Fsp3) is 0.143. The van der Waals surface area contributed by atoms with Gasteiger partial charge in [-0.25, -0.2) is 0 Å². The molecular weight excluding hydrogens is 785 g/mol. The van der Waals surface area contributed by atoms with Gasteiger partial charge in [0, 0.05) is 50.4 Å². The number of hydrogen-bond acceptors (Lipinski definition) is 2. The predicted octanol–water partition coefficient (Wildman–Crippen LogP) is 17.2. The highest BCUT2D eigenvalue weighted by Gasteiger charge is 2.44. The van der Waals surface area contributed by atoms with E-state index in [2.05, 4.69) is 258 Å². The van der Waals surface area contributed by atoms with Crippen molar-refractivity contribution in [1.82, 2.24) is 0 Å². The number of benzene rings is 9. The third-order valence-electron chi connectivity index (χ3n) is 15.0. The van der Waals surface area contributed by atoms with Crippen LogP contribution in [0.5, 0.6) is 0 Å². The lowest BCUT2D eigenvalue weighted by Crippen LogP contribution is -2.17. The smallest absolute Gasteiger partial charge is 0.0465 e. The van der Waals surface area contributed by atoms with Crippen LogP contribution in [0.15, 0.2) is 206 Å². The summed E-state index contributed by atoms with van der Waals surface area (Å²) in [6.45, 7) is 14.5. The zero-order valence-corrected chi connectivity index (χ0v) is 38.0. The van der Waals surface area contributed by atoms with E-state index in [1.54, 1.807) is 0 Å². The number of hydrogen-bond donors (Lipinski definition) is 0. The summed E-state index contributed by atoms with van der Waals surface area (Å²) in [5, 5.41) is 0. The molecule has 0 fully saturated rings. The van der Waals surface area contributed by atoms with Gasteiger partial charge in [0.25, 0.3) is 0 Å². The van der Waals surface area contributed by atoms with E-state index in [4.69, 9.17) is 0 Å². The van der Waals surface area contributed by atoms with Crippen LogP contribution in [0, 0.1) is 0 Å². The Balaban J connectivity index is 0.897. The predicted molar refractivity (Wildman–Crippen MR) is 274 cm³/mol. The summed E-state index contributed by atoms with van der Waals surface area (Å²) in [5.74, 6) is 0. The normalized spacial score (nSPS) is 15.0. The van der Waals surface area contributed by atoms with E-state index in [1.165, 1.54) is 83.6 Å². The standard InChI is InChI=1S/C63H52N2/c1-61(2)55-35-42(41-27-30-47(31-28-41)64(43-19-11-7-12-20-43)44-21-13-8-14-22-44)29-33-49(55)51-37-59-53(39-57(51)61)54-40-58-52(38-60(54)63(59,5)6)50-34-32-48(36-56(50)62(58,3)4)65(45-23-15-9-16-24-45)46-25-17-10-18-26-46/h7-40H,1-6H3. The second-order valence-corrected chi connectivity index (χ2v) is 19.8. The Morgan fingerprint density at radius 2 is 0.508 bits per heavy atom. The highest BCUT2D eigenvalue weighted by atomic mass is 15.1. The van der Waals surface area contributed by atoms with Crippen LogP contribution in [0.25, 0.3) is 44.5 Å². The maximum atomic E-state index is 2.56. The van der Waals surface area contributed by atoms with Gasteiger partial charge < -0.3 is 9.80 Å². The molecule has 2 heteroatoms. The molecule has 0 N–H and O–H groups in total. The van der Waals surface area contributed by atoms with E-state index in [-0.39, 0.29) is 16.2 Å². The summed E-state index contributed by atoms with van der Waals surface area (Å²) >= 11 is 0. The zero-order chi connectivity index (χ0) is 44.2. The van der Waals surface area contributed by atoms with Crippen molar-refractivity contribution in [3.05, 3.63) is 240 Å². The average molecular weight is 837 g/mol. The van der Waals surface area contributed by atoms with Crippen molar-refractivity contribution in [3.63, 3.8) is 0 Å². The molecule has 0 radical (unpaired) electrons. The molecule has 0 aliphatic heterocycles. The van der Waals surface area contributed by atoms with E-state index in [1.807, 2.05) is 0 Å². The second kappa shape index (κ2) is 14.3. The van der Waals surface area contributed by atoms with Gasteiger partial charge in [0.05, 0.1) is 0 Å². The number of rotatable bonds is 7. The van der Waals surface area contributed by atoms with Crippen LogP contribution in [0.2, 0.25) is 0 Å². The fourth-order valence-corrected chi connectivity index (χ4v) is 11.5. The molecule has 0 atom stereocenters. The lowest BCUT2D eigenvalue weighted by molar-refractivity contribution is 0.649. The van der Waals surface area contributed by atoms with Crippen LogP contribution in [-0.4, -0.2) is 0 Å². The Kier molecular flexibility index (Phi) is 8.62. The van der Waals surface area contributed by atoms with Crippen molar-refractivity contribution in [2.75, 3.05) is 9.80 Å². The van der Waals surface area contributed by atoms with Gasteiger partial charge in [0.1, 0.15) is 0 Å². The molecule has 0 saturated carbocycles. The number of fused-ring (bicyclic) bond motifs is 9. The first-order valence-electron chi connectivity index (χ1n) is 23.1. The molecule has 2 nitrogen and oxygen atoms in total. The summed E-state index contributed by atoms with van der Waals surface area (Å²) in [5.41, 5.74) is 25.5. The van der Waals surface area contributed by atoms with Crippen LogP contribution in [0.1, 0.15) is 74.9 Å². The molecule has 0 bridgehead atoms. The van der Waals surface area contributed by atoms with E-state index in [9.17, 15) is 0 Å². The molecule has 0 spiro atoms. The van der Waals surface area contributed by atoms with E-state index >= 15 is 0 Å². The Labute approximate surface area is 384 Å². The monoisotopic (exact) mass is 836 g/mol. The highest BCUT2D eigenvalue weighted by Crippen LogP contribution is 2.60. The Morgan fingerprint density at radius 3 is 0.908 bits per heavy atom. The third-order valence-corrected chi connectivity index (χ3v) is 15.0. The molecule has 0 amide bonds. The highest BCUT2D eigenvalue weighted by molar-refractivity contribution is 5.94. The summed E-state index contributed by atoms with van der Waals surface area (Å²) in [6, 6.07) is 76.3. The maximum Gasteiger partial charge on any atom is 0.0465 e. The minimum absolute atomic E-state index is 0.152. The molecule has 3 aliphatic rings. The Hall–Kier alpha value is -7.42. The van der Waals surface area contributed by atoms with Crippen LogP contribution < -0.4 is 9.80 Å². The first kappa shape index (κ1) is 39.2. The van der Waals surface area contributed by atoms with Crippen molar-refractivity contribution < 1.29 is 0 Å². The molecule has 0 saturated heterocycles. The molecular formula is C63H52N2. The molecule has 12 rings (SSSR count). The molecule has 65 heavy (non-hydrogen) atoms. The first-order chi connectivity index (χ1) is 31.5. The summed E-state index contributed by atoms with van der Waals surface area (Å²) in [4.78, 5) is 4.70. The molecule has 0 unspecified atom stereocenters. The van der Waals surface area contributed by atoms with Gasteiger partial charge in [-0.1, -0.05) is 145 Å². The molecule has 9 aromatic rings. The van der Waals surface area contributed by atoms with Crippen molar-refractivity contribution in [1.29, 1.82) is 0 Å². The number of anilines is 6. The Bertz CT molecular complexity index is 3230. The average Bonchev–Trinajstić information content (AvgIpc) is 3.80. The van der Waals surface area contributed by atoms with Gasteiger partial charge in [-0.05, 0) is 181 Å². The van der Waals surface area contributed by atoms with Crippen LogP contribution in [0.4, 0.5) is 34.1 Å². The molecule has 9 aromatic carbocycles. The van der Waals surface area contributed by atoms with Crippen LogP contribution in [-0.2, 0) is 16.2 Å². The van der Waals surface area contributed by atoms with Gasteiger partial charge in [0.15, 0.2) is 0 Å². The Morgan fingerprint density at radius 1 is 0.231 bits per heavy atom. The van der Waals surface area contributed by atoms with Gasteiger partial charge in [-0.15, -0.1) is 0 Å². The van der Waals surface area contributed by atoms with Crippen molar-refractivity contribution >= 4 is 34.1 Å². The summed E-state index contributed by atoms with van der Waals surface area (Å²) in [7, 11) is 0. The maximum absolute atomic E-state index is 2.56. The van der Waals surface area contributed by atoms with Gasteiger partial charge in [0.2, 0.25) is 0 Å². The minimum atomic E-state index is -0.177. The number of para-hydroxylation sites is 4. The molecule has 314 valence electrons. The third kappa shape index (κ3) is 5.93. The van der Waals surface area contributed by atoms with Crippen LogP contribution in [0.3, 0.4) is 0 Å². The zero-order valence-electron chi connectivity index (χ0n) is 38.0. The van der Waals surface area contributed by atoms with Gasteiger partial charge >= 0.3 is 0 Å². The van der Waals surface area contributed by atoms with E-state index in [0.717, 1.165) is 28.4 Å². The van der Waals surface area contributed by atoms with E-state index < -0.39 is 0 Å². The molecule has 3 aliphatic carbocycles. The van der Waals surface area contributed by atoms with Crippen molar-refractivity contribution in [3.8, 4) is 44.5 Å². The summed E-state index contributed by atoms with van der Waals surface area (Å²) in [6.07, 6.45) is 0. The van der Waals surface area contributed by atoms with Gasteiger partial charge in [-0.2, -0.15) is 0 Å². The molecule has 0 heterocycles. The van der Waals surface area contributed by atoms with Gasteiger partial charge in [-0.3, -0.25) is 0 Å². The lowest BCUT2D eigenvalue weighted by Gasteiger charge is -2.28. The fourth-order valence-electron chi connectivity index (χ4n) is 11.5. The first-order valence-corrected chi connectivity index (χ1v) is 23.1. The van der Waals surface area contributed by atoms with Crippen LogP contribution >= 0.6 is 0 Å². The number of nitrogens with zero attached hydrogens (tertiary/aromatic N) is 2. The topological polar surface area (TPSA) is 6.48 Å².